The monoisotopic (exact) mass is 350 g/mol. The lowest BCUT2D eigenvalue weighted by Gasteiger charge is -2.02. The van der Waals surface area contributed by atoms with Crippen LogP contribution in [0.25, 0.3) is 6.08 Å². The Bertz CT molecular complexity index is 723. The number of ketones is 1. The van der Waals surface area contributed by atoms with Gasteiger partial charge in [0.2, 0.25) is 6.79 Å². The number of hydrogen-bond acceptors (Lipinski definition) is 6. The molecular formula is C16H14O5S2. The van der Waals surface area contributed by atoms with Crippen molar-refractivity contribution < 1.29 is 24.2 Å². The molecule has 120 valence electrons. The second kappa shape index (κ2) is 6.72. The predicted octanol–water partition coefficient (Wildman–Crippen LogP) is 3.16. The summed E-state index contributed by atoms with van der Waals surface area (Å²) in [5, 5.41) is 9.65. The van der Waals surface area contributed by atoms with Gasteiger partial charge in [-0.15, -0.1) is 23.5 Å². The lowest BCUT2D eigenvalue weighted by molar-refractivity contribution is -0.134. The molecule has 23 heavy (non-hydrogen) atoms. The van der Waals surface area contributed by atoms with Crippen LogP contribution in [-0.2, 0) is 9.59 Å². The van der Waals surface area contributed by atoms with Crippen LogP contribution in [0.3, 0.4) is 0 Å². The highest BCUT2D eigenvalue weighted by Gasteiger charge is 2.27. The van der Waals surface area contributed by atoms with Crippen LogP contribution in [0.4, 0.5) is 0 Å². The lowest BCUT2D eigenvalue weighted by atomic mass is 10.1. The Balaban J connectivity index is 1.80. The van der Waals surface area contributed by atoms with Crippen molar-refractivity contribution in [2.75, 3.05) is 12.5 Å². The van der Waals surface area contributed by atoms with Gasteiger partial charge in [-0.3, -0.25) is 4.79 Å². The average Bonchev–Trinajstić information content (AvgIpc) is 3.13. The largest absolute Gasteiger partial charge is 0.477 e. The predicted molar refractivity (Wildman–Crippen MR) is 90.8 cm³/mol. The molecule has 0 amide bonds. The molecule has 5 nitrogen and oxygen atoms in total. The molecule has 0 saturated carbocycles. The second-order valence-electron chi connectivity index (χ2n) is 5.02. The molecule has 0 aliphatic carbocycles. The summed E-state index contributed by atoms with van der Waals surface area (Å²) >= 11 is 2.86. The van der Waals surface area contributed by atoms with Crippen molar-refractivity contribution in [1.82, 2.24) is 0 Å². The third kappa shape index (κ3) is 3.56. The zero-order chi connectivity index (χ0) is 16.4. The Kier molecular flexibility index (Phi) is 4.68. The number of ether oxygens (including phenoxy) is 2. The zero-order valence-corrected chi connectivity index (χ0v) is 13.9. The van der Waals surface area contributed by atoms with E-state index in [0.29, 0.717) is 21.0 Å². The maximum Gasteiger partial charge on any atom is 0.341 e. The van der Waals surface area contributed by atoms with Crippen LogP contribution in [-0.4, -0.2) is 34.7 Å². The van der Waals surface area contributed by atoms with Crippen LogP contribution in [0.1, 0.15) is 12.5 Å². The van der Waals surface area contributed by atoms with Gasteiger partial charge in [-0.2, -0.15) is 0 Å². The van der Waals surface area contributed by atoms with Gasteiger partial charge >= 0.3 is 5.97 Å². The standard InChI is InChI=1S/C16H14O5S2/c1-9-7-22-16(23-9)14(15(18)19)11(17)4-2-10-3-5-12-13(6-10)21-8-20-12/h2-6,9H,7-8H2,1H3,(H,18,19)/b4-2+,16-14-/t9-/m0/s1. The van der Waals surface area contributed by atoms with E-state index in [2.05, 4.69) is 0 Å². The fourth-order valence-electron chi connectivity index (χ4n) is 2.14. The van der Waals surface area contributed by atoms with Gasteiger partial charge in [0.15, 0.2) is 17.3 Å². The topological polar surface area (TPSA) is 72.8 Å². The van der Waals surface area contributed by atoms with Gasteiger partial charge in [-0.1, -0.05) is 19.1 Å². The van der Waals surface area contributed by atoms with E-state index in [0.717, 1.165) is 11.3 Å². The molecule has 7 heteroatoms. The summed E-state index contributed by atoms with van der Waals surface area (Å²) in [6, 6.07) is 5.29. The van der Waals surface area contributed by atoms with Gasteiger partial charge in [0.05, 0.1) is 4.24 Å². The molecule has 1 aromatic carbocycles. The fraction of sp³-hybridized carbons (Fsp3) is 0.250. The van der Waals surface area contributed by atoms with Crippen molar-refractivity contribution in [3.63, 3.8) is 0 Å². The lowest BCUT2D eigenvalue weighted by Crippen LogP contribution is -2.11. The summed E-state index contributed by atoms with van der Waals surface area (Å²) in [6.07, 6.45) is 2.87. The quantitative estimate of drug-likeness (QED) is 0.508. The van der Waals surface area contributed by atoms with Crippen molar-refractivity contribution in [3.05, 3.63) is 39.6 Å². The molecule has 1 aromatic rings. The summed E-state index contributed by atoms with van der Waals surface area (Å²) in [4.78, 5) is 23.7. The van der Waals surface area contributed by atoms with Gasteiger partial charge in [0.25, 0.3) is 0 Å². The molecule has 2 aliphatic heterocycles. The normalized spacial score (nSPS) is 21.7. The number of fused-ring (bicyclic) bond motifs is 1. The van der Waals surface area contributed by atoms with E-state index in [1.54, 1.807) is 24.3 Å². The van der Waals surface area contributed by atoms with Gasteiger partial charge in [-0.25, -0.2) is 4.79 Å². The minimum Gasteiger partial charge on any atom is -0.477 e. The molecule has 0 aromatic heterocycles. The first-order chi connectivity index (χ1) is 11.0. The van der Waals surface area contributed by atoms with E-state index in [-0.39, 0.29) is 12.4 Å². The third-order valence-corrected chi connectivity index (χ3v) is 6.22. The Labute approximate surface area is 141 Å². The Morgan fingerprint density at radius 1 is 1.30 bits per heavy atom. The highest BCUT2D eigenvalue weighted by molar-refractivity contribution is 8.25. The molecular weight excluding hydrogens is 336 g/mol. The number of aliphatic carboxylic acids is 1. The highest BCUT2D eigenvalue weighted by Crippen LogP contribution is 2.43. The van der Waals surface area contributed by atoms with E-state index >= 15 is 0 Å². The Hall–Kier alpha value is -1.86. The number of carboxylic acid groups (broad SMARTS) is 1. The maximum atomic E-state index is 12.3. The van der Waals surface area contributed by atoms with Crippen molar-refractivity contribution in [2.45, 2.75) is 12.2 Å². The second-order valence-corrected chi connectivity index (χ2v) is 7.75. The van der Waals surface area contributed by atoms with Crippen molar-refractivity contribution in [1.29, 1.82) is 0 Å². The van der Waals surface area contributed by atoms with Gasteiger partial charge in [0.1, 0.15) is 5.57 Å². The summed E-state index contributed by atoms with van der Waals surface area (Å²) in [6.45, 7) is 2.19. The van der Waals surface area contributed by atoms with Gasteiger partial charge < -0.3 is 14.6 Å². The minimum atomic E-state index is -1.19. The zero-order valence-electron chi connectivity index (χ0n) is 12.3. The number of carboxylic acids is 1. The smallest absolute Gasteiger partial charge is 0.341 e. The minimum absolute atomic E-state index is 0.152. The molecule has 1 fully saturated rings. The molecule has 1 saturated heterocycles. The molecule has 0 spiro atoms. The summed E-state index contributed by atoms with van der Waals surface area (Å²) in [7, 11) is 0. The van der Waals surface area contributed by atoms with Crippen molar-refractivity contribution in [3.8, 4) is 11.5 Å². The summed E-state index contributed by atoms with van der Waals surface area (Å²) < 4.78 is 11.1. The summed E-state index contributed by atoms with van der Waals surface area (Å²) in [5.74, 6) is 0.408. The van der Waals surface area contributed by atoms with Crippen LogP contribution >= 0.6 is 23.5 Å². The highest BCUT2D eigenvalue weighted by atomic mass is 32.2. The van der Waals surface area contributed by atoms with Crippen LogP contribution in [0, 0.1) is 0 Å². The van der Waals surface area contributed by atoms with Gasteiger partial charge in [0, 0.05) is 11.0 Å². The van der Waals surface area contributed by atoms with E-state index < -0.39 is 11.8 Å². The van der Waals surface area contributed by atoms with Gasteiger partial charge in [-0.05, 0) is 23.8 Å². The van der Waals surface area contributed by atoms with Crippen LogP contribution < -0.4 is 9.47 Å². The number of benzene rings is 1. The molecule has 0 bridgehead atoms. The molecule has 3 rings (SSSR count). The third-order valence-electron chi connectivity index (χ3n) is 3.25. The number of thioether (sulfide) groups is 2. The van der Waals surface area contributed by atoms with Crippen molar-refractivity contribution in [2.24, 2.45) is 0 Å². The van der Waals surface area contributed by atoms with E-state index in [9.17, 15) is 14.7 Å². The Morgan fingerprint density at radius 2 is 2.09 bits per heavy atom. The number of carbonyl (C=O) groups excluding carboxylic acids is 1. The first kappa shape index (κ1) is 16.0. The average molecular weight is 350 g/mol. The number of carbonyl (C=O) groups is 2. The molecule has 1 N–H and O–H groups in total. The van der Waals surface area contributed by atoms with Crippen molar-refractivity contribution >= 4 is 41.4 Å². The Morgan fingerprint density at radius 3 is 2.78 bits per heavy atom. The van der Waals surface area contributed by atoms with E-state index in [4.69, 9.17) is 9.47 Å². The first-order valence-corrected chi connectivity index (χ1v) is 8.80. The van der Waals surface area contributed by atoms with E-state index in [1.165, 1.54) is 29.6 Å². The van der Waals surface area contributed by atoms with Crippen LogP contribution in [0.5, 0.6) is 11.5 Å². The van der Waals surface area contributed by atoms with Crippen LogP contribution in [0.2, 0.25) is 0 Å². The molecule has 0 unspecified atom stereocenters. The van der Waals surface area contributed by atoms with Crippen LogP contribution in [0.15, 0.2) is 34.1 Å². The maximum absolute atomic E-state index is 12.3. The number of rotatable bonds is 4. The molecule has 2 aliphatic rings. The fourth-order valence-corrected chi connectivity index (χ4v) is 4.98. The van der Waals surface area contributed by atoms with E-state index in [1.807, 2.05) is 6.92 Å². The first-order valence-electron chi connectivity index (χ1n) is 6.93. The molecule has 1 atom stereocenters. The molecule has 2 heterocycles. The SMILES string of the molecule is C[C@H]1CS/C(=C(/C(=O)O)C(=O)/C=C/c2ccc3c(c2)OCO3)S1. The summed E-state index contributed by atoms with van der Waals surface area (Å²) in [5.41, 5.74) is 0.596. The number of hydrogen-bond donors (Lipinski definition) is 1. The molecule has 0 radical (unpaired) electrons. The number of allylic oxidation sites excluding steroid dienone is 1.